The molecule has 0 unspecified atom stereocenters. The van der Waals surface area contributed by atoms with Crippen molar-refractivity contribution >= 4 is 23.0 Å². The molecule has 110 valence electrons. The van der Waals surface area contributed by atoms with Crippen molar-refractivity contribution in [3.63, 3.8) is 0 Å². The Labute approximate surface area is 116 Å². The number of rotatable bonds is 8. The zero-order valence-corrected chi connectivity index (χ0v) is 11.2. The average Bonchev–Trinajstić information content (AvgIpc) is 2.38. The lowest BCUT2D eigenvalue weighted by atomic mass is 10.2. The summed E-state index contributed by atoms with van der Waals surface area (Å²) in [5.74, 6) is -0.118. The summed E-state index contributed by atoms with van der Waals surface area (Å²) < 4.78 is 4.81. The second-order valence-corrected chi connectivity index (χ2v) is 4.09. The molecule has 0 aliphatic heterocycles. The summed E-state index contributed by atoms with van der Waals surface area (Å²) in [7, 11) is 1.56. The Morgan fingerprint density at radius 2 is 2.15 bits per heavy atom. The maximum Gasteiger partial charge on any atom is 0.273 e. The molecule has 8 nitrogen and oxygen atoms in total. The lowest BCUT2D eigenvalue weighted by Crippen LogP contribution is -2.28. The molecule has 8 heteroatoms. The number of anilines is 2. The molecule has 1 rings (SSSR count). The van der Waals surface area contributed by atoms with Gasteiger partial charge < -0.3 is 21.1 Å². The summed E-state index contributed by atoms with van der Waals surface area (Å²) >= 11 is 0. The number of nitro benzene ring substituents is 1. The molecule has 0 fully saturated rings. The summed E-state index contributed by atoms with van der Waals surface area (Å²) in [4.78, 5) is 21.6. The smallest absolute Gasteiger partial charge is 0.273 e. The molecular weight excluding hydrogens is 264 g/mol. The van der Waals surface area contributed by atoms with Crippen molar-refractivity contribution in [1.82, 2.24) is 5.32 Å². The van der Waals surface area contributed by atoms with E-state index in [4.69, 9.17) is 10.5 Å². The van der Waals surface area contributed by atoms with Crippen LogP contribution in [-0.4, -0.2) is 37.6 Å². The Hall–Kier alpha value is -2.35. The lowest BCUT2D eigenvalue weighted by Gasteiger charge is -2.08. The number of benzene rings is 1. The summed E-state index contributed by atoms with van der Waals surface area (Å²) in [6.45, 7) is 1.28. The number of nitrogens with one attached hydrogen (secondary N) is 2. The van der Waals surface area contributed by atoms with Crippen molar-refractivity contribution in [3.05, 3.63) is 28.3 Å². The molecule has 1 amide bonds. The van der Waals surface area contributed by atoms with Gasteiger partial charge in [0.25, 0.3) is 5.69 Å². The van der Waals surface area contributed by atoms with E-state index in [-0.39, 0.29) is 18.0 Å². The largest absolute Gasteiger partial charge is 0.398 e. The van der Waals surface area contributed by atoms with Gasteiger partial charge in [-0.2, -0.15) is 0 Å². The number of nitro groups is 1. The van der Waals surface area contributed by atoms with Crippen molar-refractivity contribution < 1.29 is 14.5 Å². The van der Waals surface area contributed by atoms with Crippen molar-refractivity contribution in [2.75, 3.05) is 37.9 Å². The van der Waals surface area contributed by atoms with Gasteiger partial charge in [0, 0.05) is 50.1 Å². The third kappa shape index (κ3) is 5.53. The van der Waals surface area contributed by atoms with Crippen molar-refractivity contribution in [1.29, 1.82) is 0 Å². The average molecular weight is 282 g/mol. The Morgan fingerprint density at radius 3 is 2.80 bits per heavy atom. The van der Waals surface area contributed by atoms with Gasteiger partial charge in [0.2, 0.25) is 5.91 Å². The van der Waals surface area contributed by atoms with Crippen LogP contribution in [0.2, 0.25) is 0 Å². The Balaban J connectivity index is 2.42. The fourth-order valence-corrected chi connectivity index (χ4v) is 1.54. The van der Waals surface area contributed by atoms with Crippen LogP contribution in [-0.2, 0) is 9.53 Å². The van der Waals surface area contributed by atoms with Crippen molar-refractivity contribution in [2.24, 2.45) is 0 Å². The predicted molar refractivity (Wildman–Crippen MR) is 75.5 cm³/mol. The molecule has 0 radical (unpaired) electrons. The van der Waals surface area contributed by atoms with Gasteiger partial charge in [-0.3, -0.25) is 14.9 Å². The van der Waals surface area contributed by atoms with Crippen LogP contribution in [0.25, 0.3) is 0 Å². The van der Waals surface area contributed by atoms with E-state index in [1.54, 1.807) is 13.2 Å². The van der Waals surface area contributed by atoms with Crippen LogP contribution >= 0.6 is 0 Å². The number of nitrogen functional groups attached to an aromatic ring is 1. The van der Waals surface area contributed by atoms with E-state index in [0.717, 1.165) is 0 Å². The normalized spacial score (nSPS) is 10.1. The number of non-ortho nitro benzene ring substituents is 1. The number of ether oxygens (including phenoxy) is 1. The first kappa shape index (κ1) is 15.7. The zero-order valence-electron chi connectivity index (χ0n) is 11.2. The zero-order chi connectivity index (χ0) is 15.0. The van der Waals surface area contributed by atoms with E-state index in [2.05, 4.69) is 10.6 Å². The van der Waals surface area contributed by atoms with E-state index in [9.17, 15) is 14.9 Å². The molecular formula is C12H18N4O4. The number of carbonyl (C=O) groups excluding carboxylic acids is 1. The van der Waals surface area contributed by atoms with Crippen LogP contribution in [0.15, 0.2) is 18.2 Å². The van der Waals surface area contributed by atoms with E-state index in [1.165, 1.54) is 12.1 Å². The van der Waals surface area contributed by atoms with Crippen LogP contribution in [0.3, 0.4) is 0 Å². The lowest BCUT2D eigenvalue weighted by molar-refractivity contribution is -0.384. The van der Waals surface area contributed by atoms with Crippen molar-refractivity contribution in [2.45, 2.75) is 6.42 Å². The van der Waals surface area contributed by atoms with Crippen LogP contribution in [0, 0.1) is 10.1 Å². The van der Waals surface area contributed by atoms with E-state index >= 15 is 0 Å². The van der Waals surface area contributed by atoms with E-state index in [1.807, 2.05) is 0 Å². The number of nitrogens with two attached hydrogens (primary N) is 1. The third-order valence-corrected chi connectivity index (χ3v) is 2.46. The van der Waals surface area contributed by atoms with Gasteiger partial charge in [0.05, 0.1) is 11.5 Å². The number of hydrogen-bond acceptors (Lipinski definition) is 6. The number of carbonyl (C=O) groups is 1. The standard InChI is InChI=1S/C12H18N4O4/c1-20-5-4-15-12(17)2-3-14-10-6-9(13)7-11(8-10)16(18)19/h6-8,14H,2-5,13H2,1H3,(H,15,17). The number of hydrogen-bond donors (Lipinski definition) is 3. The molecule has 0 aliphatic rings. The maximum absolute atomic E-state index is 11.4. The fourth-order valence-electron chi connectivity index (χ4n) is 1.54. The quantitative estimate of drug-likeness (QED) is 0.280. The Kier molecular flexibility index (Phi) is 6.24. The molecule has 0 aromatic heterocycles. The summed E-state index contributed by atoms with van der Waals surface area (Å²) in [6, 6.07) is 4.23. The highest BCUT2D eigenvalue weighted by molar-refractivity contribution is 5.76. The van der Waals surface area contributed by atoms with Crippen LogP contribution in [0.4, 0.5) is 17.1 Å². The summed E-state index contributed by atoms with van der Waals surface area (Å²) in [5, 5.41) is 16.3. The first-order chi connectivity index (χ1) is 9.52. The molecule has 0 heterocycles. The van der Waals surface area contributed by atoms with Gasteiger partial charge in [0.1, 0.15) is 0 Å². The monoisotopic (exact) mass is 282 g/mol. The maximum atomic E-state index is 11.4. The molecule has 0 bridgehead atoms. The van der Waals surface area contributed by atoms with Gasteiger partial charge in [-0.15, -0.1) is 0 Å². The van der Waals surface area contributed by atoms with Gasteiger partial charge in [0.15, 0.2) is 0 Å². The molecule has 1 aromatic rings. The highest BCUT2D eigenvalue weighted by Gasteiger charge is 2.08. The topological polar surface area (TPSA) is 120 Å². The molecule has 4 N–H and O–H groups in total. The second kappa shape index (κ2) is 7.95. The highest BCUT2D eigenvalue weighted by Crippen LogP contribution is 2.22. The minimum absolute atomic E-state index is 0.0861. The number of amides is 1. The SMILES string of the molecule is COCCNC(=O)CCNc1cc(N)cc([N+](=O)[O-])c1. The van der Waals surface area contributed by atoms with E-state index in [0.29, 0.717) is 31.1 Å². The number of nitrogens with zero attached hydrogens (tertiary/aromatic N) is 1. The first-order valence-electron chi connectivity index (χ1n) is 6.07. The fraction of sp³-hybridized carbons (Fsp3) is 0.417. The molecule has 0 aliphatic carbocycles. The van der Waals surface area contributed by atoms with Crippen LogP contribution in [0.5, 0.6) is 0 Å². The molecule has 0 atom stereocenters. The Morgan fingerprint density at radius 1 is 1.40 bits per heavy atom. The van der Waals surface area contributed by atoms with Gasteiger partial charge in [-0.25, -0.2) is 0 Å². The number of methoxy groups -OCH3 is 1. The molecule has 20 heavy (non-hydrogen) atoms. The minimum Gasteiger partial charge on any atom is -0.398 e. The Bertz CT molecular complexity index is 479. The third-order valence-electron chi connectivity index (χ3n) is 2.46. The van der Waals surface area contributed by atoms with Crippen LogP contribution < -0.4 is 16.4 Å². The molecule has 0 saturated carbocycles. The van der Waals surface area contributed by atoms with Gasteiger partial charge >= 0.3 is 0 Å². The van der Waals surface area contributed by atoms with Crippen LogP contribution in [0.1, 0.15) is 6.42 Å². The highest BCUT2D eigenvalue weighted by atomic mass is 16.6. The first-order valence-corrected chi connectivity index (χ1v) is 6.07. The summed E-state index contributed by atoms with van der Waals surface area (Å²) in [5.41, 5.74) is 6.30. The molecule has 0 spiro atoms. The predicted octanol–water partition coefficient (Wildman–Crippen LogP) is 0.742. The van der Waals surface area contributed by atoms with Gasteiger partial charge in [-0.05, 0) is 6.07 Å². The molecule has 0 saturated heterocycles. The summed E-state index contributed by atoms with van der Waals surface area (Å²) in [6.07, 6.45) is 0.256. The van der Waals surface area contributed by atoms with Gasteiger partial charge in [-0.1, -0.05) is 0 Å². The molecule has 1 aromatic carbocycles. The van der Waals surface area contributed by atoms with Crippen molar-refractivity contribution in [3.8, 4) is 0 Å². The second-order valence-electron chi connectivity index (χ2n) is 4.09. The minimum atomic E-state index is -0.515. The van der Waals surface area contributed by atoms with E-state index < -0.39 is 4.92 Å².